The molecule has 112 valence electrons. The standard InChI is InChI=1S/C16H14N2O4/c1-10-2-3-15(22-10)9-18-16(21)12(8-17)4-11-5-13(19)7-14(20)6-11/h2-7,19-20H,9H2,1H3,(H,18,21)/b12-4+. The molecule has 6 nitrogen and oxygen atoms in total. The molecular weight excluding hydrogens is 284 g/mol. The molecule has 2 aromatic rings. The van der Waals surface area contributed by atoms with Gasteiger partial charge >= 0.3 is 0 Å². The molecule has 6 heteroatoms. The SMILES string of the molecule is Cc1ccc(CNC(=O)/C(C#N)=C/c2cc(O)cc(O)c2)o1. The van der Waals surface area contributed by atoms with Gasteiger partial charge in [-0.15, -0.1) is 0 Å². The number of phenols is 2. The van der Waals surface area contributed by atoms with Gasteiger partial charge in [-0.1, -0.05) is 0 Å². The average Bonchev–Trinajstić information content (AvgIpc) is 2.87. The average molecular weight is 298 g/mol. The summed E-state index contributed by atoms with van der Waals surface area (Å²) in [6, 6.07) is 9.12. The first-order valence-electron chi connectivity index (χ1n) is 6.46. The van der Waals surface area contributed by atoms with Crippen molar-refractivity contribution in [3.8, 4) is 17.6 Å². The van der Waals surface area contributed by atoms with Crippen LogP contribution >= 0.6 is 0 Å². The summed E-state index contributed by atoms with van der Waals surface area (Å²) in [6.45, 7) is 1.96. The van der Waals surface area contributed by atoms with E-state index < -0.39 is 5.91 Å². The van der Waals surface area contributed by atoms with Crippen molar-refractivity contribution in [2.45, 2.75) is 13.5 Å². The number of nitriles is 1. The van der Waals surface area contributed by atoms with Crippen molar-refractivity contribution in [3.63, 3.8) is 0 Å². The fourth-order valence-corrected chi connectivity index (χ4v) is 1.86. The third kappa shape index (κ3) is 3.90. The van der Waals surface area contributed by atoms with Crippen molar-refractivity contribution in [2.24, 2.45) is 0 Å². The quantitative estimate of drug-likeness (QED) is 0.592. The van der Waals surface area contributed by atoms with E-state index in [0.29, 0.717) is 11.3 Å². The fraction of sp³-hybridized carbons (Fsp3) is 0.125. The first-order valence-corrected chi connectivity index (χ1v) is 6.46. The molecule has 0 aliphatic heterocycles. The van der Waals surface area contributed by atoms with Crippen LogP contribution in [0.3, 0.4) is 0 Å². The number of hydrogen-bond donors (Lipinski definition) is 3. The van der Waals surface area contributed by atoms with Crippen LogP contribution in [-0.2, 0) is 11.3 Å². The normalized spacial score (nSPS) is 11.0. The van der Waals surface area contributed by atoms with Crippen LogP contribution in [0.5, 0.6) is 11.5 Å². The van der Waals surface area contributed by atoms with Gasteiger partial charge in [-0.25, -0.2) is 0 Å². The lowest BCUT2D eigenvalue weighted by Crippen LogP contribution is -2.23. The summed E-state index contributed by atoms with van der Waals surface area (Å²) in [5.74, 6) is 0.429. The molecule has 0 bridgehead atoms. The topological polar surface area (TPSA) is 106 Å². The summed E-state index contributed by atoms with van der Waals surface area (Å²) in [4.78, 5) is 12.0. The van der Waals surface area contributed by atoms with Crippen LogP contribution in [0.25, 0.3) is 6.08 Å². The maximum Gasteiger partial charge on any atom is 0.262 e. The molecule has 1 aromatic heterocycles. The van der Waals surface area contributed by atoms with Gasteiger partial charge in [0, 0.05) is 6.07 Å². The Hall–Kier alpha value is -3.20. The van der Waals surface area contributed by atoms with Crippen molar-refractivity contribution < 1.29 is 19.4 Å². The Bertz CT molecular complexity index is 748. The molecule has 0 spiro atoms. The Morgan fingerprint density at radius 2 is 2.00 bits per heavy atom. The second-order valence-electron chi connectivity index (χ2n) is 4.65. The third-order valence-corrected chi connectivity index (χ3v) is 2.82. The van der Waals surface area contributed by atoms with Crippen LogP contribution in [0.15, 0.2) is 40.3 Å². The number of hydrogen-bond acceptors (Lipinski definition) is 5. The van der Waals surface area contributed by atoms with Gasteiger partial charge in [0.25, 0.3) is 5.91 Å². The Morgan fingerprint density at radius 1 is 1.32 bits per heavy atom. The molecule has 1 aromatic carbocycles. The molecule has 0 aliphatic carbocycles. The Labute approximate surface area is 126 Å². The van der Waals surface area contributed by atoms with E-state index in [-0.39, 0.29) is 23.6 Å². The molecule has 0 saturated carbocycles. The second-order valence-corrected chi connectivity index (χ2v) is 4.65. The Balaban J connectivity index is 2.11. The zero-order valence-electron chi connectivity index (χ0n) is 11.8. The highest BCUT2D eigenvalue weighted by molar-refractivity contribution is 6.01. The number of aromatic hydroxyl groups is 2. The molecule has 22 heavy (non-hydrogen) atoms. The molecule has 1 heterocycles. The summed E-state index contributed by atoms with van der Waals surface area (Å²) < 4.78 is 5.31. The second kappa shape index (κ2) is 6.50. The number of benzene rings is 1. The minimum Gasteiger partial charge on any atom is -0.508 e. The minimum absolute atomic E-state index is 0.145. The summed E-state index contributed by atoms with van der Waals surface area (Å²) in [5.41, 5.74) is 0.200. The Kier molecular flexibility index (Phi) is 4.49. The molecule has 2 rings (SSSR count). The van der Waals surface area contributed by atoms with Crippen molar-refractivity contribution in [2.75, 3.05) is 0 Å². The maximum atomic E-state index is 12.0. The van der Waals surface area contributed by atoms with E-state index in [1.807, 2.05) is 0 Å². The minimum atomic E-state index is -0.570. The number of carbonyl (C=O) groups excluding carboxylic acids is 1. The van der Waals surface area contributed by atoms with Gasteiger partial charge in [0.15, 0.2) is 0 Å². The Morgan fingerprint density at radius 3 is 2.55 bits per heavy atom. The van der Waals surface area contributed by atoms with Crippen molar-refractivity contribution >= 4 is 12.0 Å². The van der Waals surface area contributed by atoms with Crippen molar-refractivity contribution in [1.82, 2.24) is 5.32 Å². The lowest BCUT2D eigenvalue weighted by molar-refractivity contribution is -0.117. The van der Waals surface area contributed by atoms with Crippen LogP contribution in [0.1, 0.15) is 17.1 Å². The number of rotatable bonds is 4. The number of carbonyl (C=O) groups is 1. The molecule has 1 amide bonds. The van der Waals surface area contributed by atoms with Crippen LogP contribution in [0.2, 0.25) is 0 Å². The molecular formula is C16H14N2O4. The van der Waals surface area contributed by atoms with Gasteiger partial charge in [-0.05, 0) is 42.8 Å². The molecule has 0 aliphatic rings. The van der Waals surface area contributed by atoms with Gasteiger partial charge in [0.1, 0.15) is 34.7 Å². The van der Waals surface area contributed by atoms with Crippen LogP contribution in [0, 0.1) is 18.3 Å². The number of aryl methyl sites for hydroxylation is 1. The highest BCUT2D eigenvalue weighted by Crippen LogP contribution is 2.22. The van der Waals surface area contributed by atoms with Gasteiger partial charge in [0.05, 0.1) is 6.54 Å². The number of nitrogens with one attached hydrogen (secondary N) is 1. The number of amides is 1. The number of nitrogens with zero attached hydrogens (tertiary/aromatic N) is 1. The third-order valence-electron chi connectivity index (χ3n) is 2.82. The smallest absolute Gasteiger partial charge is 0.262 e. The first-order chi connectivity index (χ1) is 10.5. The zero-order chi connectivity index (χ0) is 16.1. The fourth-order valence-electron chi connectivity index (χ4n) is 1.86. The predicted octanol–water partition coefficient (Wildman–Crippen LogP) is 2.22. The largest absolute Gasteiger partial charge is 0.508 e. The van der Waals surface area contributed by atoms with E-state index in [1.54, 1.807) is 25.1 Å². The highest BCUT2D eigenvalue weighted by atomic mass is 16.3. The number of furan rings is 1. The van der Waals surface area contributed by atoms with Crippen molar-refractivity contribution in [3.05, 3.63) is 53.0 Å². The predicted molar refractivity (Wildman–Crippen MR) is 78.7 cm³/mol. The van der Waals surface area contributed by atoms with E-state index in [0.717, 1.165) is 11.8 Å². The maximum absolute atomic E-state index is 12.0. The van der Waals surface area contributed by atoms with Crippen LogP contribution in [0.4, 0.5) is 0 Å². The van der Waals surface area contributed by atoms with Gasteiger partial charge < -0.3 is 19.9 Å². The van der Waals surface area contributed by atoms with Crippen LogP contribution in [-0.4, -0.2) is 16.1 Å². The molecule has 0 fully saturated rings. The van der Waals surface area contributed by atoms with Gasteiger partial charge in [-0.2, -0.15) is 5.26 Å². The molecule has 3 N–H and O–H groups in total. The van der Waals surface area contributed by atoms with Gasteiger partial charge in [0.2, 0.25) is 0 Å². The van der Waals surface area contributed by atoms with Gasteiger partial charge in [-0.3, -0.25) is 4.79 Å². The van der Waals surface area contributed by atoms with E-state index in [4.69, 9.17) is 9.68 Å². The monoisotopic (exact) mass is 298 g/mol. The molecule has 0 radical (unpaired) electrons. The molecule has 0 atom stereocenters. The van der Waals surface area contributed by atoms with Crippen LogP contribution < -0.4 is 5.32 Å². The van der Waals surface area contributed by atoms with E-state index in [2.05, 4.69) is 5.32 Å². The summed E-state index contributed by atoms with van der Waals surface area (Å²) in [7, 11) is 0. The van der Waals surface area contributed by atoms with E-state index in [1.165, 1.54) is 18.2 Å². The first kappa shape index (κ1) is 15.2. The lowest BCUT2D eigenvalue weighted by Gasteiger charge is -2.03. The lowest BCUT2D eigenvalue weighted by atomic mass is 10.1. The van der Waals surface area contributed by atoms with Crippen molar-refractivity contribution in [1.29, 1.82) is 5.26 Å². The van der Waals surface area contributed by atoms with E-state index >= 15 is 0 Å². The summed E-state index contributed by atoms with van der Waals surface area (Å²) >= 11 is 0. The molecule has 0 saturated heterocycles. The highest BCUT2D eigenvalue weighted by Gasteiger charge is 2.10. The summed E-state index contributed by atoms with van der Waals surface area (Å²) in [5, 5.41) is 30.4. The zero-order valence-corrected chi connectivity index (χ0v) is 11.8. The van der Waals surface area contributed by atoms with E-state index in [9.17, 15) is 15.0 Å². The molecule has 0 unspecified atom stereocenters. The summed E-state index contributed by atoms with van der Waals surface area (Å²) in [6.07, 6.45) is 1.28. The number of phenolic OH excluding ortho intramolecular Hbond substituents is 2.